The van der Waals surface area contributed by atoms with Gasteiger partial charge in [0.1, 0.15) is 5.69 Å². The Labute approximate surface area is 119 Å². The Morgan fingerprint density at radius 3 is 2.75 bits per heavy atom. The number of aryl methyl sites for hydroxylation is 1. The quantitative estimate of drug-likeness (QED) is 0.779. The molecule has 0 aliphatic carbocycles. The van der Waals surface area contributed by atoms with E-state index >= 15 is 0 Å². The number of halogens is 1. The van der Waals surface area contributed by atoms with Crippen LogP contribution >= 0.6 is 11.6 Å². The predicted octanol–water partition coefficient (Wildman–Crippen LogP) is 0.891. The monoisotopic (exact) mass is 296 g/mol. The fourth-order valence-corrected chi connectivity index (χ4v) is 1.75. The molecular formula is C11H13ClN6O2. The molecule has 0 radical (unpaired) electrons. The first kappa shape index (κ1) is 14.1. The zero-order valence-corrected chi connectivity index (χ0v) is 11.7. The zero-order chi connectivity index (χ0) is 14.7. The Bertz CT molecular complexity index is 647. The molecular weight excluding hydrogens is 284 g/mol. The van der Waals surface area contributed by atoms with Crippen molar-refractivity contribution in [2.24, 2.45) is 0 Å². The summed E-state index contributed by atoms with van der Waals surface area (Å²) >= 11 is 5.81. The van der Waals surface area contributed by atoms with Gasteiger partial charge in [-0.05, 0) is 6.92 Å². The maximum Gasteiger partial charge on any atom is 0.275 e. The molecule has 20 heavy (non-hydrogen) atoms. The second-order valence-electron chi connectivity index (χ2n) is 3.87. The Hall–Kier alpha value is -2.35. The maximum atomic E-state index is 12.0. The molecule has 9 heteroatoms. The molecule has 0 bridgehead atoms. The van der Waals surface area contributed by atoms with Crippen LogP contribution in [0.15, 0.2) is 12.4 Å². The number of carbonyl (C=O) groups is 2. The number of anilines is 1. The Balaban J connectivity index is 2.29. The van der Waals surface area contributed by atoms with Gasteiger partial charge in [0, 0.05) is 19.8 Å². The van der Waals surface area contributed by atoms with E-state index in [0.717, 1.165) is 0 Å². The Kier molecular flexibility index (Phi) is 4.04. The van der Waals surface area contributed by atoms with Crippen LogP contribution < -0.4 is 10.6 Å². The van der Waals surface area contributed by atoms with Crippen molar-refractivity contribution in [3.63, 3.8) is 0 Å². The average molecular weight is 297 g/mol. The summed E-state index contributed by atoms with van der Waals surface area (Å²) in [6, 6.07) is 0. The summed E-state index contributed by atoms with van der Waals surface area (Å²) in [5, 5.41) is 15.5. The van der Waals surface area contributed by atoms with Crippen LogP contribution in [0.2, 0.25) is 5.02 Å². The van der Waals surface area contributed by atoms with Crippen molar-refractivity contribution >= 4 is 29.1 Å². The van der Waals surface area contributed by atoms with E-state index < -0.39 is 5.91 Å². The number of nitrogens with one attached hydrogen (secondary N) is 3. The van der Waals surface area contributed by atoms with Crippen LogP contribution in [0, 0.1) is 0 Å². The lowest BCUT2D eigenvalue weighted by atomic mass is 10.3. The molecule has 0 unspecified atom stereocenters. The van der Waals surface area contributed by atoms with Gasteiger partial charge in [-0.1, -0.05) is 11.6 Å². The van der Waals surface area contributed by atoms with Crippen molar-refractivity contribution < 1.29 is 9.59 Å². The van der Waals surface area contributed by atoms with E-state index in [1.807, 2.05) is 6.92 Å². The third-order valence-corrected chi connectivity index (χ3v) is 2.88. The highest BCUT2D eigenvalue weighted by molar-refractivity contribution is 6.34. The average Bonchev–Trinajstić information content (AvgIpc) is 3.04. The minimum Gasteiger partial charge on any atom is -0.354 e. The molecule has 8 nitrogen and oxygen atoms in total. The molecule has 0 saturated heterocycles. The standard InChI is InChI=1S/C11H13ClN6O2/c1-3-18-5-7(9(17-18)10(19)13-2)15-11(20)8-6(12)4-14-16-8/h4-5H,3H2,1-2H3,(H,13,19)(H,14,16)(H,15,20). The number of hydrogen-bond acceptors (Lipinski definition) is 4. The van der Waals surface area contributed by atoms with Crippen LogP contribution in [0.5, 0.6) is 0 Å². The summed E-state index contributed by atoms with van der Waals surface area (Å²) in [6.07, 6.45) is 2.90. The molecule has 106 valence electrons. The minimum absolute atomic E-state index is 0.124. The molecule has 2 aromatic heterocycles. The minimum atomic E-state index is -0.492. The number of amides is 2. The molecule has 2 heterocycles. The van der Waals surface area contributed by atoms with E-state index in [4.69, 9.17) is 11.6 Å². The Morgan fingerprint density at radius 2 is 2.20 bits per heavy atom. The van der Waals surface area contributed by atoms with Gasteiger partial charge in [-0.15, -0.1) is 0 Å². The van der Waals surface area contributed by atoms with E-state index in [1.54, 1.807) is 10.9 Å². The number of H-pyrrole nitrogens is 1. The molecule has 2 aromatic rings. The van der Waals surface area contributed by atoms with Gasteiger partial charge in [0.25, 0.3) is 11.8 Å². The van der Waals surface area contributed by atoms with Crippen molar-refractivity contribution in [1.82, 2.24) is 25.3 Å². The van der Waals surface area contributed by atoms with Gasteiger partial charge in [0.05, 0.1) is 16.9 Å². The lowest BCUT2D eigenvalue weighted by Crippen LogP contribution is -2.21. The number of hydrogen-bond donors (Lipinski definition) is 3. The highest BCUT2D eigenvalue weighted by Crippen LogP contribution is 2.17. The first-order valence-corrected chi connectivity index (χ1v) is 6.24. The fourth-order valence-electron chi connectivity index (χ4n) is 1.58. The summed E-state index contributed by atoms with van der Waals surface area (Å²) < 4.78 is 1.55. The van der Waals surface area contributed by atoms with Gasteiger partial charge in [0.15, 0.2) is 5.69 Å². The van der Waals surface area contributed by atoms with Gasteiger partial charge in [-0.3, -0.25) is 19.4 Å². The summed E-state index contributed by atoms with van der Waals surface area (Å²) in [5.41, 5.74) is 0.568. The SMILES string of the molecule is CCn1cc(NC(=O)c2[nH]ncc2Cl)c(C(=O)NC)n1. The number of aromatic nitrogens is 4. The molecule has 0 saturated carbocycles. The lowest BCUT2D eigenvalue weighted by molar-refractivity contribution is 0.0958. The maximum absolute atomic E-state index is 12.0. The molecule has 0 aliphatic heterocycles. The van der Waals surface area contributed by atoms with Crippen LogP contribution in [0.3, 0.4) is 0 Å². The highest BCUT2D eigenvalue weighted by Gasteiger charge is 2.20. The molecule has 2 amide bonds. The van der Waals surface area contributed by atoms with Crippen LogP contribution in [0.1, 0.15) is 27.9 Å². The summed E-state index contributed by atoms with van der Waals surface area (Å²) in [5.74, 6) is -0.878. The molecule has 0 atom stereocenters. The fraction of sp³-hybridized carbons (Fsp3) is 0.273. The number of nitrogens with zero attached hydrogens (tertiary/aromatic N) is 3. The first-order valence-electron chi connectivity index (χ1n) is 5.86. The predicted molar refractivity (Wildman–Crippen MR) is 72.8 cm³/mol. The lowest BCUT2D eigenvalue weighted by Gasteiger charge is -2.03. The van der Waals surface area contributed by atoms with Gasteiger partial charge in [-0.25, -0.2) is 0 Å². The van der Waals surface area contributed by atoms with E-state index in [-0.39, 0.29) is 22.3 Å². The van der Waals surface area contributed by atoms with Gasteiger partial charge >= 0.3 is 0 Å². The molecule has 0 fully saturated rings. The van der Waals surface area contributed by atoms with Gasteiger partial charge in [-0.2, -0.15) is 10.2 Å². The topological polar surface area (TPSA) is 105 Å². The van der Waals surface area contributed by atoms with Crippen molar-refractivity contribution in [2.45, 2.75) is 13.5 Å². The van der Waals surface area contributed by atoms with E-state index in [2.05, 4.69) is 25.9 Å². The van der Waals surface area contributed by atoms with Crippen LogP contribution in [0.25, 0.3) is 0 Å². The van der Waals surface area contributed by atoms with Gasteiger partial charge < -0.3 is 10.6 Å². The van der Waals surface area contributed by atoms with Crippen molar-refractivity contribution in [3.05, 3.63) is 28.8 Å². The number of aromatic amines is 1. The summed E-state index contributed by atoms with van der Waals surface area (Å²) in [4.78, 5) is 23.7. The molecule has 0 spiro atoms. The smallest absolute Gasteiger partial charge is 0.275 e. The first-order chi connectivity index (χ1) is 9.56. The Morgan fingerprint density at radius 1 is 1.45 bits per heavy atom. The second-order valence-corrected chi connectivity index (χ2v) is 4.28. The van der Waals surface area contributed by atoms with E-state index in [1.165, 1.54) is 13.2 Å². The normalized spacial score (nSPS) is 10.3. The highest BCUT2D eigenvalue weighted by atomic mass is 35.5. The molecule has 3 N–H and O–H groups in total. The van der Waals surface area contributed by atoms with E-state index in [0.29, 0.717) is 12.2 Å². The largest absolute Gasteiger partial charge is 0.354 e. The van der Waals surface area contributed by atoms with Crippen LogP contribution in [-0.4, -0.2) is 38.8 Å². The van der Waals surface area contributed by atoms with Crippen molar-refractivity contribution in [3.8, 4) is 0 Å². The van der Waals surface area contributed by atoms with Crippen LogP contribution in [-0.2, 0) is 6.54 Å². The van der Waals surface area contributed by atoms with Crippen molar-refractivity contribution in [1.29, 1.82) is 0 Å². The second kappa shape index (κ2) is 5.74. The zero-order valence-electron chi connectivity index (χ0n) is 10.9. The third-order valence-electron chi connectivity index (χ3n) is 2.60. The molecule has 2 rings (SSSR count). The summed E-state index contributed by atoms with van der Waals surface area (Å²) in [6.45, 7) is 2.45. The molecule has 0 aromatic carbocycles. The number of rotatable bonds is 4. The molecule has 0 aliphatic rings. The van der Waals surface area contributed by atoms with E-state index in [9.17, 15) is 9.59 Å². The van der Waals surface area contributed by atoms with Gasteiger partial charge in [0.2, 0.25) is 0 Å². The number of carbonyl (C=O) groups excluding carboxylic acids is 2. The van der Waals surface area contributed by atoms with Crippen molar-refractivity contribution in [2.75, 3.05) is 12.4 Å². The van der Waals surface area contributed by atoms with Crippen LogP contribution in [0.4, 0.5) is 5.69 Å². The summed E-state index contributed by atoms with van der Waals surface area (Å²) in [7, 11) is 1.49. The third kappa shape index (κ3) is 2.64.